The van der Waals surface area contributed by atoms with E-state index in [9.17, 15) is 14.7 Å². The Hall–Kier alpha value is -3.54. The van der Waals surface area contributed by atoms with E-state index in [0.717, 1.165) is 0 Å². The van der Waals surface area contributed by atoms with Crippen LogP contribution in [0.5, 0.6) is 5.75 Å². The fraction of sp³-hybridized carbons (Fsp3) is 0. The number of fused-ring (bicyclic) bond motifs is 2. The predicted molar refractivity (Wildman–Crippen MR) is 121 cm³/mol. The SMILES string of the molecule is O=c1c(-c2cccc(Cl)c2)coc2cc3occ(-c4cccc(Cl)c4)c(=O)c3c(O)c12. The van der Waals surface area contributed by atoms with Gasteiger partial charge in [0.05, 0.1) is 11.1 Å². The first-order valence-corrected chi connectivity index (χ1v) is 9.94. The lowest BCUT2D eigenvalue weighted by molar-refractivity contribution is 0.483. The van der Waals surface area contributed by atoms with Gasteiger partial charge in [-0.05, 0) is 35.4 Å². The fourth-order valence-corrected chi connectivity index (χ4v) is 3.96. The summed E-state index contributed by atoms with van der Waals surface area (Å²) in [6.45, 7) is 0. The van der Waals surface area contributed by atoms with E-state index in [1.165, 1.54) is 18.6 Å². The van der Waals surface area contributed by atoms with Crippen LogP contribution in [0, 0.1) is 0 Å². The Labute approximate surface area is 184 Å². The number of phenols is 1. The maximum Gasteiger partial charge on any atom is 0.204 e. The first-order valence-electron chi connectivity index (χ1n) is 9.19. The molecule has 0 saturated carbocycles. The highest BCUT2D eigenvalue weighted by atomic mass is 35.5. The van der Waals surface area contributed by atoms with E-state index in [1.807, 2.05) is 0 Å². The van der Waals surface area contributed by atoms with E-state index in [2.05, 4.69) is 0 Å². The molecule has 31 heavy (non-hydrogen) atoms. The third-order valence-electron chi connectivity index (χ3n) is 5.05. The molecule has 5 nitrogen and oxygen atoms in total. The van der Waals surface area contributed by atoms with Crippen LogP contribution < -0.4 is 10.9 Å². The molecule has 0 bridgehead atoms. The third-order valence-corrected chi connectivity index (χ3v) is 5.52. The van der Waals surface area contributed by atoms with E-state index >= 15 is 0 Å². The summed E-state index contributed by atoms with van der Waals surface area (Å²) >= 11 is 12.1. The van der Waals surface area contributed by atoms with E-state index in [4.69, 9.17) is 32.0 Å². The number of rotatable bonds is 2. The number of hydrogen-bond acceptors (Lipinski definition) is 5. The van der Waals surface area contributed by atoms with Crippen molar-refractivity contribution in [2.45, 2.75) is 0 Å². The van der Waals surface area contributed by atoms with Crippen molar-refractivity contribution in [2.75, 3.05) is 0 Å². The van der Waals surface area contributed by atoms with Crippen molar-refractivity contribution < 1.29 is 13.9 Å². The zero-order valence-corrected chi connectivity index (χ0v) is 17.2. The second-order valence-corrected chi connectivity index (χ2v) is 7.82. The van der Waals surface area contributed by atoms with Crippen LogP contribution in [0.25, 0.3) is 44.2 Å². The van der Waals surface area contributed by atoms with Gasteiger partial charge in [-0.2, -0.15) is 0 Å². The van der Waals surface area contributed by atoms with Crippen LogP contribution in [0.4, 0.5) is 0 Å². The topological polar surface area (TPSA) is 80.7 Å². The van der Waals surface area contributed by atoms with Crippen LogP contribution in [0.15, 0.2) is 85.5 Å². The van der Waals surface area contributed by atoms with Crippen LogP contribution in [-0.4, -0.2) is 5.11 Å². The zero-order valence-electron chi connectivity index (χ0n) is 15.7. The van der Waals surface area contributed by atoms with Crippen molar-refractivity contribution in [3.8, 4) is 28.0 Å². The van der Waals surface area contributed by atoms with E-state index < -0.39 is 16.6 Å². The number of aromatic hydroxyl groups is 1. The Morgan fingerprint density at radius 1 is 0.677 bits per heavy atom. The normalized spacial score (nSPS) is 11.3. The summed E-state index contributed by atoms with van der Waals surface area (Å²) in [5, 5.41) is 11.6. The molecule has 1 N–H and O–H groups in total. The molecule has 0 aliphatic heterocycles. The second-order valence-electron chi connectivity index (χ2n) is 6.95. The van der Waals surface area contributed by atoms with Gasteiger partial charge in [0.15, 0.2) is 0 Å². The molecule has 0 saturated heterocycles. The lowest BCUT2D eigenvalue weighted by atomic mass is 10.0. The fourth-order valence-electron chi connectivity index (χ4n) is 3.58. The Balaban J connectivity index is 1.83. The maximum absolute atomic E-state index is 13.2. The molecule has 5 rings (SSSR count). The quantitative estimate of drug-likeness (QED) is 0.321. The molecule has 2 aromatic heterocycles. The van der Waals surface area contributed by atoms with Crippen molar-refractivity contribution in [1.29, 1.82) is 0 Å². The first-order chi connectivity index (χ1) is 14.9. The number of halogens is 2. The average molecular weight is 451 g/mol. The molecule has 0 radical (unpaired) electrons. The van der Waals surface area contributed by atoms with Crippen molar-refractivity contribution >= 4 is 45.1 Å². The van der Waals surface area contributed by atoms with Gasteiger partial charge in [-0.1, -0.05) is 47.5 Å². The highest BCUT2D eigenvalue weighted by Crippen LogP contribution is 2.33. The van der Waals surface area contributed by atoms with Crippen LogP contribution in [0.3, 0.4) is 0 Å². The number of benzene rings is 3. The van der Waals surface area contributed by atoms with Gasteiger partial charge in [-0.3, -0.25) is 9.59 Å². The molecule has 0 spiro atoms. The summed E-state index contributed by atoms with van der Waals surface area (Å²) in [5.74, 6) is -0.497. The Morgan fingerprint density at radius 2 is 1.13 bits per heavy atom. The minimum absolute atomic E-state index is 0.0967. The zero-order chi connectivity index (χ0) is 21.7. The lowest BCUT2D eigenvalue weighted by Crippen LogP contribution is -2.09. The summed E-state index contributed by atoms with van der Waals surface area (Å²) in [5.41, 5.74) is 0.689. The molecule has 2 heterocycles. The van der Waals surface area contributed by atoms with Gasteiger partial charge in [-0.25, -0.2) is 0 Å². The molecule has 0 aliphatic carbocycles. The monoisotopic (exact) mass is 450 g/mol. The molecule has 0 fully saturated rings. The van der Waals surface area contributed by atoms with Gasteiger partial charge in [0, 0.05) is 16.1 Å². The molecule has 0 aliphatic rings. The van der Waals surface area contributed by atoms with Gasteiger partial charge in [0.2, 0.25) is 10.9 Å². The lowest BCUT2D eigenvalue weighted by Gasteiger charge is -2.08. The highest BCUT2D eigenvalue weighted by molar-refractivity contribution is 6.31. The Kier molecular flexibility index (Phi) is 4.58. The Morgan fingerprint density at radius 3 is 1.55 bits per heavy atom. The summed E-state index contributed by atoms with van der Waals surface area (Å²) in [6.07, 6.45) is 2.58. The summed E-state index contributed by atoms with van der Waals surface area (Å²) in [4.78, 5) is 26.4. The van der Waals surface area contributed by atoms with E-state index in [1.54, 1.807) is 48.5 Å². The molecular formula is C24H12Cl2O5. The standard InChI is InChI=1S/C24H12Cl2O5/c25-14-5-1-3-12(7-14)16-10-30-18-9-19-21(24(29)20(18)22(16)27)23(28)17(11-31-19)13-4-2-6-15(26)8-13/h1-11,29H. The van der Waals surface area contributed by atoms with Gasteiger partial charge >= 0.3 is 0 Å². The average Bonchev–Trinajstić information content (AvgIpc) is 2.74. The highest BCUT2D eigenvalue weighted by Gasteiger charge is 2.20. The molecule has 3 aromatic carbocycles. The van der Waals surface area contributed by atoms with Crippen molar-refractivity contribution in [3.63, 3.8) is 0 Å². The molecule has 5 aromatic rings. The summed E-state index contributed by atoms with van der Waals surface area (Å²) < 4.78 is 11.2. The Bertz CT molecular complexity index is 1500. The van der Waals surface area contributed by atoms with Gasteiger partial charge < -0.3 is 13.9 Å². The van der Waals surface area contributed by atoms with Crippen LogP contribution >= 0.6 is 23.2 Å². The third kappa shape index (κ3) is 3.19. The van der Waals surface area contributed by atoms with Gasteiger partial charge in [0.25, 0.3) is 0 Å². The van der Waals surface area contributed by atoms with E-state index in [0.29, 0.717) is 21.2 Å². The molecule has 7 heteroatoms. The molecule has 0 unspecified atom stereocenters. The van der Waals surface area contributed by atoms with Crippen molar-refractivity contribution in [1.82, 2.24) is 0 Å². The smallest absolute Gasteiger partial charge is 0.204 e. The summed E-state index contributed by atoms with van der Waals surface area (Å²) in [7, 11) is 0. The molecular weight excluding hydrogens is 439 g/mol. The first kappa shape index (κ1) is 19.4. The maximum atomic E-state index is 13.2. The van der Waals surface area contributed by atoms with Crippen molar-refractivity contribution in [2.24, 2.45) is 0 Å². The molecule has 0 atom stereocenters. The van der Waals surface area contributed by atoms with Gasteiger partial charge in [-0.15, -0.1) is 0 Å². The predicted octanol–water partition coefficient (Wildman–Crippen LogP) is 6.25. The van der Waals surface area contributed by atoms with Crippen LogP contribution in [0.1, 0.15) is 0 Å². The van der Waals surface area contributed by atoms with Crippen LogP contribution in [-0.2, 0) is 0 Å². The van der Waals surface area contributed by atoms with Crippen LogP contribution in [0.2, 0.25) is 10.0 Å². The minimum Gasteiger partial charge on any atom is -0.506 e. The van der Waals surface area contributed by atoms with Crippen molar-refractivity contribution in [3.05, 3.63) is 97.6 Å². The molecule has 152 valence electrons. The largest absolute Gasteiger partial charge is 0.506 e. The van der Waals surface area contributed by atoms with Gasteiger partial charge in [0.1, 0.15) is 40.2 Å². The minimum atomic E-state index is -0.497. The second kappa shape index (κ2) is 7.30. The molecule has 0 amide bonds. The van der Waals surface area contributed by atoms with E-state index in [-0.39, 0.29) is 33.1 Å². The number of hydrogen-bond donors (Lipinski definition) is 1. The summed E-state index contributed by atoms with van der Waals surface area (Å²) in [6, 6.07) is 14.8. The number of phenolic OH excluding ortho intramolecular Hbond substituents is 1.